The van der Waals surface area contributed by atoms with Crippen LogP contribution in [0.3, 0.4) is 0 Å². The van der Waals surface area contributed by atoms with E-state index in [1.165, 1.54) is 4.90 Å². The first-order valence-corrected chi connectivity index (χ1v) is 9.57. The number of aromatic amines is 1. The number of anilines is 1. The molecule has 154 valence electrons. The largest absolute Gasteiger partial charge is 0.334 e. The molecule has 2 N–H and O–H groups in total. The number of amides is 2. The van der Waals surface area contributed by atoms with Crippen LogP contribution in [-0.2, 0) is 6.54 Å². The minimum Gasteiger partial charge on any atom is -0.334 e. The Morgan fingerprint density at radius 3 is 2.48 bits per heavy atom. The summed E-state index contributed by atoms with van der Waals surface area (Å²) in [5.74, 6) is -0.166. The molecule has 8 nitrogen and oxygen atoms in total. The zero-order valence-corrected chi connectivity index (χ0v) is 16.7. The van der Waals surface area contributed by atoms with Gasteiger partial charge in [-0.2, -0.15) is 0 Å². The summed E-state index contributed by atoms with van der Waals surface area (Å²) in [4.78, 5) is 49.8. The topological polar surface area (TPSA) is 108 Å². The zero-order valence-electron chi connectivity index (χ0n) is 16.7. The standard InChI is InChI=1S/C23H19N5O3/c1-28(14-20-26-18-7-3-2-6-17(18)21(29)27-20)23(31)15-9-11-16(12-10-15)25-22(30)19-8-4-5-13-24-19/h2-13H,14H2,1H3,(H,25,30)(H,26,27,29). The smallest absolute Gasteiger partial charge is 0.274 e. The quantitative estimate of drug-likeness (QED) is 0.523. The van der Waals surface area contributed by atoms with Crippen molar-refractivity contribution < 1.29 is 9.59 Å². The highest BCUT2D eigenvalue weighted by atomic mass is 16.2. The third-order valence-electron chi connectivity index (χ3n) is 4.68. The van der Waals surface area contributed by atoms with Gasteiger partial charge in [0.15, 0.2) is 0 Å². The number of fused-ring (bicyclic) bond motifs is 1. The van der Waals surface area contributed by atoms with Gasteiger partial charge in [-0.25, -0.2) is 4.98 Å². The van der Waals surface area contributed by atoms with Gasteiger partial charge in [0.05, 0.1) is 17.4 Å². The summed E-state index contributed by atoms with van der Waals surface area (Å²) in [5, 5.41) is 3.24. The maximum atomic E-state index is 12.8. The van der Waals surface area contributed by atoms with Crippen LogP contribution < -0.4 is 10.9 Å². The Hall–Kier alpha value is -4.33. The molecule has 0 aliphatic rings. The lowest BCUT2D eigenvalue weighted by Gasteiger charge is -2.17. The van der Waals surface area contributed by atoms with Crippen molar-refractivity contribution in [1.29, 1.82) is 0 Å². The summed E-state index contributed by atoms with van der Waals surface area (Å²) >= 11 is 0. The monoisotopic (exact) mass is 413 g/mol. The van der Waals surface area contributed by atoms with E-state index in [1.54, 1.807) is 73.9 Å². The minimum absolute atomic E-state index is 0.150. The Morgan fingerprint density at radius 1 is 1.00 bits per heavy atom. The molecule has 8 heteroatoms. The number of pyridine rings is 1. The third kappa shape index (κ3) is 4.48. The predicted molar refractivity (Wildman–Crippen MR) is 117 cm³/mol. The fourth-order valence-corrected chi connectivity index (χ4v) is 3.11. The molecule has 31 heavy (non-hydrogen) atoms. The fraction of sp³-hybridized carbons (Fsp3) is 0.0870. The average molecular weight is 413 g/mol. The Bertz CT molecular complexity index is 1300. The number of hydrogen-bond acceptors (Lipinski definition) is 5. The molecule has 4 rings (SSSR count). The van der Waals surface area contributed by atoms with Crippen LogP contribution in [0, 0.1) is 0 Å². The van der Waals surface area contributed by atoms with Crippen LogP contribution in [0.4, 0.5) is 5.69 Å². The van der Waals surface area contributed by atoms with Gasteiger partial charge in [-0.3, -0.25) is 19.4 Å². The van der Waals surface area contributed by atoms with Gasteiger partial charge >= 0.3 is 0 Å². The molecule has 0 spiro atoms. The molecule has 0 atom stereocenters. The van der Waals surface area contributed by atoms with Crippen molar-refractivity contribution in [3.63, 3.8) is 0 Å². The molecule has 0 saturated carbocycles. The third-order valence-corrected chi connectivity index (χ3v) is 4.68. The van der Waals surface area contributed by atoms with Gasteiger partial charge in [0.2, 0.25) is 0 Å². The van der Waals surface area contributed by atoms with Gasteiger partial charge < -0.3 is 15.2 Å². The van der Waals surface area contributed by atoms with Gasteiger partial charge in [0.1, 0.15) is 11.5 Å². The first kappa shape index (κ1) is 20.0. The maximum absolute atomic E-state index is 12.8. The van der Waals surface area contributed by atoms with Crippen molar-refractivity contribution in [2.75, 3.05) is 12.4 Å². The van der Waals surface area contributed by atoms with Crippen LogP contribution in [0.2, 0.25) is 0 Å². The highest BCUT2D eigenvalue weighted by Gasteiger charge is 2.14. The Balaban J connectivity index is 1.44. The van der Waals surface area contributed by atoms with E-state index < -0.39 is 0 Å². The molecule has 0 unspecified atom stereocenters. The SMILES string of the molecule is CN(Cc1nc2ccccc2c(=O)[nH]1)C(=O)c1ccc(NC(=O)c2ccccn2)cc1. The molecular weight excluding hydrogens is 394 g/mol. The Morgan fingerprint density at radius 2 is 1.74 bits per heavy atom. The molecule has 0 fully saturated rings. The summed E-state index contributed by atoms with van der Waals surface area (Å²) in [6.45, 7) is 0.150. The molecule has 0 aliphatic heterocycles. The second kappa shape index (κ2) is 8.58. The molecule has 2 aromatic carbocycles. The lowest BCUT2D eigenvalue weighted by molar-refractivity contribution is 0.0781. The minimum atomic E-state index is -0.330. The normalized spacial score (nSPS) is 10.6. The summed E-state index contributed by atoms with van der Waals surface area (Å²) in [6.07, 6.45) is 1.55. The number of H-pyrrole nitrogens is 1. The van der Waals surface area contributed by atoms with Crippen molar-refractivity contribution in [2.45, 2.75) is 6.54 Å². The van der Waals surface area contributed by atoms with Gasteiger partial charge in [-0.05, 0) is 48.5 Å². The van der Waals surface area contributed by atoms with Gasteiger partial charge in [-0.15, -0.1) is 0 Å². The number of rotatable bonds is 5. The van der Waals surface area contributed by atoms with E-state index in [-0.39, 0.29) is 23.9 Å². The Kier molecular flexibility index (Phi) is 5.53. The molecule has 2 amide bonds. The first-order chi connectivity index (χ1) is 15.0. The van der Waals surface area contributed by atoms with Crippen LogP contribution in [0.15, 0.2) is 77.7 Å². The predicted octanol–water partition coefficient (Wildman–Crippen LogP) is 2.84. The molecule has 0 bridgehead atoms. The lowest BCUT2D eigenvalue weighted by Crippen LogP contribution is -2.28. The van der Waals surface area contributed by atoms with Crippen molar-refractivity contribution in [2.24, 2.45) is 0 Å². The fourth-order valence-electron chi connectivity index (χ4n) is 3.11. The number of carbonyl (C=O) groups is 2. The van der Waals surface area contributed by atoms with E-state index in [9.17, 15) is 14.4 Å². The maximum Gasteiger partial charge on any atom is 0.274 e. The number of nitrogens with zero attached hydrogens (tertiary/aromatic N) is 3. The number of hydrogen-bond donors (Lipinski definition) is 2. The molecule has 2 heterocycles. The number of para-hydroxylation sites is 1. The van der Waals surface area contributed by atoms with Crippen LogP contribution in [0.1, 0.15) is 26.7 Å². The van der Waals surface area contributed by atoms with Crippen molar-refractivity contribution >= 4 is 28.4 Å². The molecule has 4 aromatic rings. The van der Waals surface area contributed by atoms with E-state index >= 15 is 0 Å². The van der Waals surface area contributed by atoms with E-state index in [4.69, 9.17) is 0 Å². The first-order valence-electron chi connectivity index (χ1n) is 9.57. The molecular formula is C23H19N5O3. The average Bonchev–Trinajstić information content (AvgIpc) is 2.79. The summed E-state index contributed by atoms with van der Waals surface area (Å²) in [6, 6.07) is 18.7. The molecule has 0 aliphatic carbocycles. The van der Waals surface area contributed by atoms with Crippen LogP contribution in [0.5, 0.6) is 0 Å². The molecule has 0 radical (unpaired) electrons. The number of nitrogens with one attached hydrogen (secondary N) is 2. The van der Waals surface area contributed by atoms with Crippen molar-refractivity contribution in [1.82, 2.24) is 19.9 Å². The highest BCUT2D eigenvalue weighted by molar-refractivity contribution is 6.03. The summed E-state index contributed by atoms with van der Waals surface area (Å²) in [5.41, 5.74) is 1.64. The van der Waals surface area contributed by atoms with Gasteiger partial charge in [0.25, 0.3) is 17.4 Å². The van der Waals surface area contributed by atoms with Gasteiger partial charge in [-0.1, -0.05) is 18.2 Å². The van der Waals surface area contributed by atoms with Crippen LogP contribution >= 0.6 is 0 Å². The second-order valence-corrected chi connectivity index (χ2v) is 6.94. The van der Waals surface area contributed by atoms with E-state index in [0.29, 0.717) is 33.7 Å². The molecule has 2 aromatic heterocycles. The Labute approximate surface area is 177 Å². The lowest BCUT2D eigenvalue weighted by atomic mass is 10.1. The molecule has 0 saturated heterocycles. The number of benzene rings is 2. The summed E-state index contributed by atoms with van der Waals surface area (Å²) < 4.78 is 0. The van der Waals surface area contributed by atoms with Crippen molar-refractivity contribution in [3.05, 3.63) is 100 Å². The van der Waals surface area contributed by atoms with Crippen molar-refractivity contribution in [3.8, 4) is 0 Å². The van der Waals surface area contributed by atoms with Crippen LogP contribution in [-0.4, -0.2) is 38.7 Å². The number of aromatic nitrogens is 3. The second-order valence-electron chi connectivity index (χ2n) is 6.94. The highest BCUT2D eigenvalue weighted by Crippen LogP contribution is 2.13. The van der Waals surface area contributed by atoms with E-state index in [2.05, 4.69) is 20.3 Å². The zero-order chi connectivity index (χ0) is 21.8. The van der Waals surface area contributed by atoms with E-state index in [0.717, 1.165) is 0 Å². The van der Waals surface area contributed by atoms with Crippen LogP contribution in [0.25, 0.3) is 10.9 Å². The number of carbonyl (C=O) groups excluding carboxylic acids is 2. The van der Waals surface area contributed by atoms with Gasteiger partial charge in [0, 0.05) is 24.5 Å². The van der Waals surface area contributed by atoms with E-state index in [1.807, 2.05) is 6.07 Å². The summed E-state index contributed by atoms with van der Waals surface area (Å²) in [7, 11) is 1.63.